The Morgan fingerprint density at radius 3 is 2.39 bits per heavy atom. The van der Waals surface area contributed by atoms with Crippen LogP contribution in [0.3, 0.4) is 0 Å². The lowest BCUT2D eigenvalue weighted by Crippen LogP contribution is -2.46. The summed E-state index contributed by atoms with van der Waals surface area (Å²) in [5.41, 5.74) is 0. The Labute approximate surface area is 111 Å². The second kappa shape index (κ2) is 6.55. The molecule has 1 heterocycles. The molecule has 104 valence electrons. The van der Waals surface area contributed by atoms with Gasteiger partial charge in [-0.3, -0.25) is 4.79 Å². The molecule has 1 N–H and O–H groups in total. The van der Waals surface area contributed by atoms with Gasteiger partial charge in [0.05, 0.1) is 0 Å². The van der Waals surface area contributed by atoms with Crippen LogP contribution in [0.5, 0.6) is 0 Å². The highest BCUT2D eigenvalue weighted by Gasteiger charge is 2.30. The van der Waals surface area contributed by atoms with E-state index in [2.05, 4.69) is 17.1 Å². The third-order valence-corrected chi connectivity index (χ3v) is 4.69. The van der Waals surface area contributed by atoms with Gasteiger partial charge in [0, 0.05) is 25.0 Å². The summed E-state index contributed by atoms with van der Waals surface area (Å²) in [6.07, 6.45) is 9.74. The van der Waals surface area contributed by atoms with Crippen molar-refractivity contribution in [2.24, 2.45) is 5.92 Å². The van der Waals surface area contributed by atoms with Gasteiger partial charge in [-0.2, -0.15) is 0 Å². The number of rotatable bonds is 2. The zero-order valence-electron chi connectivity index (χ0n) is 12.0. The van der Waals surface area contributed by atoms with Gasteiger partial charge in [-0.25, -0.2) is 0 Å². The SMILES string of the molecule is CC1CC(C(=O)N(C)C2CCCCCC2)CCN1. The minimum absolute atomic E-state index is 0.259. The summed E-state index contributed by atoms with van der Waals surface area (Å²) in [5.74, 6) is 0.657. The molecule has 0 aromatic carbocycles. The number of amides is 1. The van der Waals surface area contributed by atoms with Crippen molar-refractivity contribution >= 4 is 5.91 Å². The number of piperidine rings is 1. The quantitative estimate of drug-likeness (QED) is 0.766. The molecule has 1 amide bonds. The van der Waals surface area contributed by atoms with Crippen molar-refractivity contribution in [1.29, 1.82) is 0 Å². The van der Waals surface area contributed by atoms with Crippen LogP contribution in [-0.4, -0.2) is 36.5 Å². The molecule has 1 aliphatic heterocycles. The predicted octanol–water partition coefficient (Wildman–Crippen LogP) is 2.56. The van der Waals surface area contributed by atoms with Gasteiger partial charge >= 0.3 is 0 Å². The Morgan fingerprint density at radius 2 is 1.78 bits per heavy atom. The van der Waals surface area contributed by atoms with Crippen LogP contribution in [0, 0.1) is 5.92 Å². The average Bonchev–Trinajstić information content (AvgIpc) is 2.66. The minimum Gasteiger partial charge on any atom is -0.343 e. The highest BCUT2D eigenvalue weighted by molar-refractivity contribution is 5.79. The molecule has 0 bridgehead atoms. The summed E-state index contributed by atoms with van der Waals surface area (Å²) >= 11 is 0. The molecule has 2 atom stereocenters. The Balaban J connectivity index is 1.90. The summed E-state index contributed by atoms with van der Waals surface area (Å²) in [7, 11) is 2.03. The average molecular weight is 252 g/mol. The number of carbonyl (C=O) groups excluding carboxylic acids is 1. The van der Waals surface area contributed by atoms with Crippen LogP contribution in [0.4, 0.5) is 0 Å². The molecular weight excluding hydrogens is 224 g/mol. The molecule has 0 aromatic heterocycles. The van der Waals surface area contributed by atoms with Crippen LogP contribution >= 0.6 is 0 Å². The van der Waals surface area contributed by atoms with Crippen LogP contribution in [0.15, 0.2) is 0 Å². The van der Waals surface area contributed by atoms with E-state index in [0.29, 0.717) is 18.0 Å². The van der Waals surface area contributed by atoms with Crippen molar-refractivity contribution in [2.75, 3.05) is 13.6 Å². The number of nitrogens with one attached hydrogen (secondary N) is 1. The fourth-order valence-electron chi connectivity index (χ4n) is 3.47. The number of nitrogens with zero attached hydrogens (tertiary/aromatic N) is 1. The van der Waals surface area contributed by atoms with Crippen LogP contribution < -0.4 is 5.32 Å². The zero-order valence-corrected chi connectivity index (χ0v) is 12.0. The van der Waals surface area contributed by atoms with E-state index in [1.807, 2.05) is 7.05 Å². The normalized spacial score (nSPS) is 30.8. The fourth-order valence-corrected chi connectivity index (χ4v) is 3.47. The lowest BCUT2D eigenvalue weighted by Gasteiger charge is -2.34. The molecule has 2 aliphatic rings. The molecule has 2 rings (SSSR count). The van der Waals surface area contributed by atoms with Crippen molar-refractivity contribution in [1.82, 2.24) is 10.2 Å². The molecule has 0 aromatic rings. The standard InChI is InChI=1S/C15H28N2O/c1-12-11-13(9-10-16-12)15(18)17(2)14-7-5-3-4-6-8-14/h12-14,16H,3-11H2,1-2H3. The monoisotopic (exact) mass is 252 g/mol. The van der Waals surface area contributed by atoms with E-state index in [1.54, 1.807) is 0 Å². The molecular formula is C15H28N2O. The molecule has 2 fully saturated rings. The maximum absolute atomic E-state index is 12.6. The molecule has 0 radical (unpaired) electrons. The Hall–Kier alpha value is -0.570. The van der Waals surface area contributed by atoms with E-state index in [4.69, 9.17) is 0 Å². The molecule has 0 spiro atoms. The van der Waals surface area contributed by atoms with Gasteiger partial charge in [0.1, 0.15) is 0 Å². The summed E-state index contributed by atoms with van der Waals surface area (Å²) in [4.78, 5) is 14.6. The topological polar surface area (TPSA) is 32.3 Å². The predicted molar refractivity (Wildman–Crippen MR) is 74.4 cm³/mol. The lowest BCUT2D eigenvalue weighted by molar-refractivity contribution is -0.137. The summed E-state index contributed by atoms with van der Waals surface area (Å²) in [6.45, 7) is 3.18. The fraction of sp³-hybridized carbons (Fsp3) is 0.933. The first-order valence-corrected chi connectivity index (χ1v) is 7.68. The summed E-state index contributed by atoms with van der Waals surface area (Å²) in [6, 6.07) is 1.00. The second-order valence-electron chi connectivity index (χ2n) is 6.17. The molecule has 1 aliphatic carbocycles. The third kappa shape index (κ3) is 3.47. The summed E-state index contributed by atoms with van der Waals surface area (Å²) in [5, 5.41) is 3.42. The zero-order chi connectivity index (χ0) is 13.0. The van der Waals surface area contributed by atoms with Crippen molar-refractivity contribution in [3.05, 3.63) is 0 Å². The number of hydrogen-bond donors (Lipinski definition) is 1. The first-order valence-electron chi connectivity index (χ1n) is 7.68. The van der Waals surface area contributed by atoms with Crippen molar-refractivity contribution in [3.63, 3.8) is 0 Å². The van der Waals surface area contributed by atoms with Gasteiger partial charge in [-0.05, 0) is 39.2 Å². The summed E-state index contributed by atoms with van der Waals surface area (Å²) < 4.78 is 0. The number of carbonyl (C=O) groups is 1. The lowest BCUT2D eigenvalue weighted by atomic mass is 9.91. The van der Waals surface area contributed by atoms with Crippen molar-refractivity contribution < 1.29 is 4.79 Å². The van der Waals surface area contributed by atoms with Gasteiger partial charge in [-0.1, -0.05) is 25.7 Å². The van der Waals surface area contributed by atoms with Crippen LogP contribution in [0.2, 0.25) is 0 Å². The van der Waals surface area contributed by atoms with E-state index < -0.39 is 0 Å². The van der Waals surface area contributed by atoms with E-state index in [1.165, 1.54) is 38.5 Å². The van der Waals surface area contributed by atoms with Gasteiger partial charge in [0.2, 0.25) is 5.91 Å². The minimum atomic E-state index is 0.259. The third-order valence-electron chi connectivity index (χ3n) is 4.69. The van der Waals surface area contributed by atoms with Gasteiger partial charge < -0.3 is 10.2 Å². The molecule has 3 heteroatoms. The van der Waals surface area contributed by atoms with Crippen LogP contribution in [-0.2, 0) is 4.79 Å². The molecule has 18 heavy (non-hydrogen) atoms. The molecule has 1 saturated heterocycles. The molecule has 2 unspecified atom stereocenters. The second-order valence-corrected chi connectivity index (χ2v) is 6.17. The maximum atomic E-state index is 12.6. The first-order chi connectivity index (χ1) is 8.68. The van der Waals surface area contributed by atoms with E-state index in [-0.39, 0.29) is 5.92 Å². The maximum Gasteiger partial charge on any atom is 0.225 e. The Morgan fingerprint density at radius 1 is 1.11 bits per heavy atom. The van der Waals surface area contributed by atoms with Crippen LogP contribution in [0.1, 0.15) is 58.3 Å². The smallest absolute Gasteiger partial charge is 0.225 e. The highest BCUT2D eigenvalue weighted by Crippen LogP contribution is 2.25. The van der Waals surface area contributed by atoms with Crippen LogP contribution in [0.25, 0.3) is 0 Å². The number of hydrogen-bond acceptors (Lipinski definition) is 2. The van der Waals surface area contributed by atoms with E-state index in [0.717, 1.165) is 19.4 Å². The Kier molecular flexibility index (Phi) is 5.04. The molecule has 3 nitrogen and oxygen atoms in total. The Bertz CT molecular complexity index is 272. The van der Waals surface area contributed by atoms with Gasteiger partial charge in [-0.15, -0.1) is 0 Å². The van der Waals surface area contributed by atoms with E-state index in [9.17, 15) is 4.79 Å². The van der Waals surface area contributed by atoms with E-state index >= 15 is 0 Å². The van der Waals surface area contributed by atoms with Crippen molar-refractivity contribution in [2.45, 2.75) is 70.4 Å². The van der Waals surface area contributed by atoms with Gasteiger partial charge in [0.15, 0.2) is 0 Å². The molecule has 1 saturated carbocycles. The highest BCUT2D eigenvalue weighted by atomic mass is 16.2. The first kappa shape index (κ1) is 13.9. The van der Waals surface area contributed by atoms with Crippen molar-refractivity contribution in [3.8, 4) is 0 Å². The largest absolute Gasteiger partial charge is 0.343 e. The van der Waals surface area contributed by atoms with Gasteiger partial charge in [0.25, 0.3) is 0 Å².